The van der Waals surface area contributed by atoms with Crippen molar-refractivity contribution >= 4 is 23.3 Å². The van der Waals surface area contributed by atoms with Crippen LogP contribution < -0.4 is 0 Å². The molecule has 0 N–H and O–H groups in total. The monoisotopic (exact) mass is 146 g/mol. The summed E-state index contributed by atoms with van der Waals surface area (Å²) in [6.07, 6.45) is 2.00. The highest BCUT2D eigenvalue weighted by molar-refractivity contribution is 7.98. The lowest BCUT2D eigenvalue weighted by atomic mass is 10.6. The Morgan fingerprint density at radius 3 is 2.62 bits per heavy atom. The molecule has 4 heteroatoms. The molecule has 44 valence electrons. The van der Waals surface area contributed by atoms with Gasteiger partial charge in [-0.1, -0.05) is 4.49 Å². The molecule has 2 nitrogen and oxygen atoms in total. The fraction of sp³-hybridized carbons (Fsp3) is 0.500. The number of hydrogen-bond donors (Lipinski definition) is 0. The highest BCUT2D eigenvalue weighted by Crippen LogP contribution is 2.17. The molecule has 0 radical (unpaired) electrons. The van der Waals surface area contributed by atoms with Crippen molar-refractivity contribution in [3.05, 3.63) is 4.88 Å². The van der Waals surface area contributed by atoms with E-state index in [0.29, 0.717) is 0 Å². The van der Waals surface area contributed by atoms with Gasteiger partial charge in [-0.3, -0.25) is 0 Å². The second-order valence-electron chi connectivity index (χ2n) is 1.34. The molecule has 1 rings (SSSR count). The summed E-state index contributed by atoms with van der Waals surface area (Å²) in [5.74, 6) is 0. The van der Waals surface area contributed by atoms with Crippen molar-refractivity contribution < 1.29 is 0 Å². The van der Waals surface area contributed by atoms with Crippen LogP contribution in [0.3, 0.4) is 0 Å². The summed E-state index contributed by atoms with van der Waals surface area (Å²) in [6.45, 7) is 2.02. The van der Waals surface area contributed by atoms with Gasteiger partial charge in [0.1, 0.15) is 5.03 Å². The Morgan fingerprint density at radius 1 is 1.62 bits per heavy atom. The Labute approximate surface area is 56.5 Å². The van der Waals surface area contributed by atoms with Gasteiger partial charge in [-0.05, 0) is 24.7 Å². The van der Waals surface area contributed by atoms with Crippen LogP contribution in [0.4, 0.5) is 0 Å². The summed E-state index contributed by atoms with van der Waals surface area (Å²) in [5.41, 5.74) is 0. The molecule has 0 atom stereocenters. The van der Waals surface area contributed by atoms with Crippen LogP contribution in [-0.2, 0) is 0 Å². The van der Waals surface area contributed by atoms with Gasteiger partial charge in [0.2, 0.25) is 0 Å². The zero-order chi connectivity index (χ0) is 5.98. The van der Waals surface area contributed by atoms with Gasteiger partial charge in [0.15, 0.2) is 0 Å². The molecule has 0 aliphatic heterocycles. The van der Waals surface area contributed by atoms with Crippen molar-refractivity contribution in [2.24, 2.45) is 0 Å². The number of nitrogens with zero attached hydrogens (tertiary/aromatic N) is 2. The Bertz CT molecular complexity index is 172. The second-order valence-corrected chi connectivity index (χ2v) is 3.09. The molecule has 0 spiro atoms. The lowest BCUT2D eigenvalue weighted by Gasteiger charge is -1.82. The van der Waals surface area contributed by atoms with Crippen LogP contribution in [0.2, 0.25) is 0 Å². The lowest BCUT2D eigenvalue weighted by Crippen LogP contribution is -1.69. The van der Waals surface area contributed by atoms with E-state index in [2.05, 4.69) is 9.59 Å². The number of rotatable bonds is 1. The van der Waals surface area contributed by atoms with Crippen molar-refractivity contribution in [1.29, 1.82) is 0 Å². The second kappa shape index (κ2) is 2.46. The van der Waals surface area contributed by atoms with Gasteiger partial charge in [0.25, 0.3) is 0 Å². The number of thioether (sulfide) groups is 1. The fourth-order valence-corrected chi connectivity index (χ4v) is 1.60. The molecule has 0 amide bonds. The van der Waals surface area contributed by atoms with Gasteiger partial charge >= 0.3 is 0 Å². The summed E-state index contributed by atoms with van der Waals surface area (Å²) in [7, 11) is 0. The van der Waals surface area contributed by atoms with Crippen LogP contribution in [0.25, 0.3) is 0 Å². The third kappa shape index (κ3) is 1.00. The fourth-order valence-electron chi connectivity index (χ4n) is 0.413. The van der Waals surface area contributed by atoms with Crippen LogP contribution in [-0.4, -0.2) is 15.8 Å². The smallest absolute Gasteiger partial charge is 0.131 e. The van der Waals surface area contributed by atoms with Crippen LogP contribution in [0.5, 0.6) is 0 Å². The molecule has 8 heavy (non-hydrogen) atoms. The van der Waals surface area contributed by atoms with Gasteiger partial charge in [0.05, 0.1) is 4.88 Å². The average molecular weight is 146 g/mol. The van der Waals surface area contributed by atoms with E-state index in [1.54, 1.807) is 11.8 Å². The number of aromatic nitrogens is 2. The first kappa shape index (κ1) is 6.04. The predicted octanol–water partition coefficient (Wildman–Crippen LogP) is 1.57. The van der Waals surface area contributed by atoms with E-state index in [1.165, 1.54) is 16.4 Å². The van der Waals surface area contributed by atoms with E-state index in [9.17, 15) is 0 Å². The van der Waals surface area contributed by atoms with E-state index in [1.807, 2.05) is 13.2 Å². The molecule has 0 aromatic carbocycles. The van der Waals surface area contributed by atoms with Gasteiger partial charge in [-0.15, -0.1) is 16.9 Å². The minimum absolute atomic E-state index is 1.05. The average Bonchev–Trinajstić information content (AvgIpc) is 2.14. The largest absolute Gasteiger partial charge is 0.134 e. The highest BCUT2D eigenvalue weighted by Gasteiger charge is 1.97. The van der Waals surface area contributed by atoms with Gasteiger partial charge in [-0.25, -0.2) is 0 Å². The minimum Gasteiger partial charge on any atom is -0.131 e. The minimum atomic E-state index is 1.05. The molecule has 0 bridgehead atoms. The van der Waals surface area contributed by atoms with Crippen molar-refractivity contribution in [2.45, 2.75) is 11.9 Å². The number of aryl methyl sites for hydroxylation is 1. The zero-order valence-corrected chi connectivity index (χ0v) is 6.34. The SMILES string of the molecule is CSc1nnsc1C. The molecule has 0 aliphatic rings. The summed E-state index contributed by atoms with van der Waals surface area (Å²) in [6, 6.07) is 0. The molecule has 0 fully saturated rings. The molecule has 1 aromatic rings. The van der Waals surface area contributed by atoms with E-state index >= 15 is 0 Å². The summed E-state index contributed by atoms with van der Waals surface area (Å²) >= 11 is 3.09. The van der Waals surface area contributed by atoms with Crippen LogP contribution in [0, 0.1) is 6.92 Å². The molecule has 0 saturated heterocycles. The van der Waals surface area contributed by atoms with E-state index in [-0.39, 0.29) is 0 Å². The maximum absolute atomic E-state index is 3.87. The van der Waals surface area contributed by atoms with Crippen molar-refractivity contribution in [1.82, 2.24) is 9.59 Å². The number of hydrogen-bond acceptors (Lipinski definition) is 4. The first-order valence-electron chi connectivity index (χ1n) is 2.17. The molecule has 1 heterocycles. The zero-order valence-electron chi connectivity index (χ0n) is 4.71. The maximum Gasteiger partial charge on any atom is 0.134 e. The maximum atomic E-state index is 3.87. The standard InChI is InChI=1S/C4H6N2S2/c1-3-4(7-2)5-6-8-3/h1-2H3. The van der Waals surface area contributed by atoms with Gasteiger partial charge < -0.3 is 0 Å². The van der Waals surface area contributed by atoms with Crippen molar-refractivity contribution in [3.8, 4) is 0 Å². The van der Waals surface area contributed by atoms with Crippen molar-refractivity contribution in [3.63, 3.8) is 0 Å². The third-order valence-corrected chi connectivity index (χ3v) is 2.34. The Morgan fingerprint density at radius 2 is 2.38 bits per heavy atom. The third-order valence-electron chi connectivity index (χ3n) is 0.804. The predicted molar refractivity (Wildman–Crippen MR) is 36.4 cm³/mol. The summed E-state index contributed by atoms with van der Waals surface area (Å²) < 4.78 is 3.76. The van der Waals surface area contributed by atoms with Crippen LogP contribution in [0.1, 0.15) is 4.88 Å². The molecule has 0 unspecified atom stereocenters. The Balaban J connectivity index is 2.92. The topological polar surface area (TPSA) is 25.8 Å². The quantitative estimate of drug-likeness (QED) is 0.562. The molecule has 0 aliphatic carbocycles. The van der Waals surface area contributed by atoms with Gasteiger partial charge in [-0.2, -0.15) is 0 Å². The molecule has 0 saturated carbocycles. The van der Waals surface area contributed by atoms with E-state index in [4.69, 9.17) is 0 Å². The Hall–Kier alpha value is -0.0900. The summed E-state index contributed by atoms with van der Waals surface area (Å²) in [4.78, 5) is 1.21. The highest BCUT2D eigenvalue weighted by atomic mass is 32.2. The van der Waals surface area contributed by atoms with E-state index in [0.717, 1.165) is 5.03 Å². The van der Waals surface area contributed by atoms with Crippen LogP contribution in [0.15, 0.2) is 5.03 Å². The van der Waals surface area contributed by atoms with E-state index < -0.39 is 0 Å². The van der Waals surface area contributed by atoms with Crippen LogP contribution >= 0.6 is 23.3 Å². The summed E-state index contributed by atoms with van der Waals surface area (Å²) in [5, 5.41) is 4.92. The van der Waals surface area contributed by atoms with Gasteiger partial charge in [0, 0.05) is 0 Å². The lowest BCUT2D eigenvalue weighted by molar-refractivity contribution is 1.02. The Kier molecular flexibility index (Phi) is 1.85. The first-order valence-corrected chi connectivity index (χ1v) is 4.17. The normalized spacial score (nSPS) is 9.75. The molecular weight excluding hydrogens is 140 g/mol. The first-order chi connectivity index (χ1) is 3.84. The molecular formula is C4H6N2S2. The van der Waals surface area contributed by atoms with Crippen molar-refractivity contribution in [2.75, 3.05) is 6.26 Å². The molecule has 1 aromatic heterocycles.